The Morgan fingerprint density at radius 1 is 1.37 bits per heavy atom. The van der Waals surface area contributed by atoms with Crippen LogP contribution in [0.5, 0.6) is 5.75 Å². The highest BCUT2D eigenvalue weighted by Crippen LogP contribution is 2.27. The molecule has 0 fully saturated rings. The number of nitrogens with zero attached hydrogens (tertiary/aromatic N) is 1. The molecular weight excluding hydrogens is 242 g/mol. The number of esters is 1. The normalized spacial score (nSPS) is 12.2. The Morgan fingerprint density at radius 3 is 2.84 bits per heavy atom. The number of hydrogen-bond donors (Lipinski definition) is 0. The molecule has 2 aromatic rings. The average molecular weight is 259 g/mol. The molecule has 1 aromatic carbocycles. The van der Waals surface area contributed by atoms with Crippen LogP contribution in [-0.4, -0.2) is 24.2 Å². The summed E-state index contributed by atoms with van der Waals surface area (Å²) in [7, 11) is 1.35. The van der Waals surface area contributed by atoms with Crippen molar-refractivity contribution in [3.8, 4) is 5.75 Å². The fourth-order valence-electron chi connectivity index (χ4n) is 2.00. The van der Waals surface area contributed by atoms with E-state index in [1.165, 1.54) is 7.11 Å². The van der Waals surface area contributed by atoms with Crippen LogP contribution in [0.3, 0.4) is 0 Å². The number of pyridine rings is 1. The molecule has 0 spiro atoms. The summed E-state index contributed by atoms with van der Waals surface area (Å²) in [4.78, 5) is 15.8. The molecular formula is C15H17NO3. The largest absolute Gasteiger partial charge is 0.478 e. The van der Waals surface area contributed by atoms with Crippen molar-refractivity contribution in [1.82, 2.24) is 4.98 Å². The third kappa shape index (κ3) is 2.67. The van der Waals surface area contributed by atoms with Crippen LogP contribution in [0.1, 0.15) is 19.4 Å². The highest BCUT2D eigenvalue weighted by Gasteiger charge is 2.16. The standard InChI is InChI=1S/C15H17NO3/c1-4-11-6-5-7-12-13(8-9-16-14(11)12)19-10(2)15(17)18-3/h5-10H,4H2,1-3H3/t10-/m0/s1. The van der Waals surface area contributed by atoms with Gasteiger partial charge in [0.15, 0.2) is 6.10 Å². The van der Waals surface area contributed by atoms with Gasteiger partial charge in [0, 0.05) is 11.6 Å². The quantitative estimate of drug-likeness (QED) is 0.792. The fourth-order valence-corrected chi connectivity index (χ4v) is 2.00. The van der Waals surface area contributed by atoms with E-state index in [-0.39, 0.29) is 0 Å². The molecule has 0 aliphatic rings. The van der Waals surface area contributed by atoms with E-state index in [2.05, 4.69) is 16.6 Å². The van der Waals surface area contributed by atoms with Gasteiger partial charge in [0.1, 0.15) is 5.75 Å². The molecule has 0 N–H and O–H groups in total. The predicted molar refractivity (Wildman–Crippen MR) is 73.2 cm³/mol. The van der Waals surface area contributed by atoms with E-state index >= 15 is 0 Å². The van der Waals surface area contributed by atoms with Crippen molar-refractivity contribution in [3.05, 3.63) is 36.0 Å². The molecule has 0 bridgehead atoms. The Bertz CT molecular complexity index is 595. The summed E-state index contributed by atoms with van der Waals surface area (Å²) in [6.07, 6.45) is 1.96. The monoisotopic (exact) mass is 259 g/mol. The average Bonchev–Trinajstić information content (AvgIpc) is 2.46. The number of hydrogen-bond acceptors (Lipinski definition) is 4. The lowest BCUT2D eigenvalue weighted by molar-refractivity contribution is -0.147. The zero-order chi connectivity index (χ0) is 13.8. The maximum absolute atomic E-state index is 11.4. The van der Waals surface area contributed by atoms with Gasteiger partial charge in [0.25, 0.3) is 0 Å². The molecule has 1 heterocycles. The second kappa shape index (κ2) is 5.69. The number of aryl methyl sites for hydroxylation is 1. The number of fused-ring (bicyclic) bond motifs is 1. The number of rotatable bonds is 4. The van der Waals surface area contributed by atoms with Crippen LogP contribution >= 0.6 is 0 Å². The molecule has 0 aliphatic carbocycles. The van der Waals surface area contributed by atoms with Crippen molar-refractivity contribution < 1.29 is 14.3 Å². The molecule has 1 aromatic heterocycles. The maximum Gasteiger partial charge on any atom is 0.346 e. The minimum atomic E-state index is -0.638. The van der Waals surface area contributed by atoms with Crippen molar-refractivity contribution in [2.24, 2.45) is 0 Å². The molecule has 4 heteroatoms. The zero-order valence-corrected chi connectivity index (χ0v) is 11.3. The van der Waals surface area contributed by atoms with E-state index in [1.807, 2.05) is 18.2 Å². The van der Waals surface area contributed by atoms with Gasteiger partial charge in [-0.05, 0) is 31.0 Å². The summed E-state index contributed by atoms with van der Waals surface area (Å²) >= 11 is 0. The molecule has 0 saturated heterocycles. The zero-order valence-electron chi connectivity index (χ0n) is 11.3. The van der Waals surface area contributed by atoms with Gasteiger partial charge in [-0.2, -0.15) is 0 Å². The number of carbonyl (C=O) groups excluding carboxylic acids is 1. The summed E-state index contributed by atoms with van der Waals surface area (Å²) in [5.41, 5.74) is 2.08. The molecule has 0 radical (unpaired) electrons. The topological polar surface area (TPSA) is 48.4 Å². The van der Waals surface area contributed by atoms with E-state index in [1.54, 1.807) is 19.2 Å². The van der Waals surface area contributed by atoms with Gasteiger partial charge < -0.3 is 9.47 Å². The molecule has 19 heavy (non-hydrogen) atoms. The molecule has 0 saturated carbocycles. The first-order valence-corrected chi connectivity index (χ1v) is 6.28. The van der Waals surface area contributed by atoms with E-state index in [0.717, 1.165) is 22.9 Å². The van der Waals surface area contributed by atoms with Crippen LogP contribution in [0.2, 0.25) is 0 Å². The smallest absolute Gasteiger partial charge is 0.346 e. The lowest BCUT2D eigenvalue weighted by atomic mass is 10.1. The molecule has 0 aliphatic heterocycles. The Balaban J connectivity index is 2.42. The summed E-state index contributed by atoms with van der Waals surface area (Å²) < 4.78 is 10.3. The Hall–Kier alpha value is -2.10. The van der Waals surface area contributed by atoms with Crippen LogP contribution in [-0.2, 0) is 16.0 Å². The lowest BCUT2D eigenvalue weighted by Crippen LogP contribution is -2.25. The highest BCUT2D eigenvalue weighted by atomic mass is 16.6. The molecule has 100 valence electrons. The first kappa shape index (κ1) is 13.3. The minimum Gasteiger partial charge on any atom is -0.478 e. The molecule has 0 amide bonds. The number of ether oxygens (including phenoxy) is 2. The Morgan fingerprint density at radius 2 is 2.16 bits per heavy atom. The third-order valence-electron chi connectivity index (χ3n) is 3.03. The number of benzene rings is 1. The first-order valence-electron chi connectivity index (χ1n) is 6.28. The van der Waals surface area contributed by atoms with Crippen molar-refractivity contribution in [2.45, 2.75) is 26.4 Å². The second-order valence-corrected chi connectivity index (χ2v) is 4.26. The molecule has 0 unspecified atom stereocenters. The predicted octanol–water partition coefficient (Wildman–Crippen LogP) is 2.74. The number of methoxy groups -OCH3 is 1. The molecule has 2 rings (SSSR count). The van der Waals surface area contributed by atoms with Gasteiger partial charge in [-0.25, -0.2) is 4.79 Å². The summed E-state index contributed by atoms with van der Waals surface area (Å²) in [6.45, 7) is 3.75. The van der Waals surface area contributed by atoms with Gasteiger partial charge in [0.05, 0.1) is 12.6 Å². The minimum absolute atomic E-state index is 0.392. The third-order valence-corrected chi connectivity index (χ3v) is 3.03. The molecule has 1 atom stereocenters. The van der Waals surface area contributed by atoms with Gasteiger partial charge in [-0.3, -0.25) is 4.98 Å². The SMILES string of the molecule is CCc1cccc2c(O[C@@H](C)C(=O)OC)ccnc12. The van der Waals surface area contributed by atoms with Crippen molar-refractivity contribution in [1.29, 1.82) is 0 Å². The van der Waals surface area contributed by atoms with Crippen LogP contribution in [0.15, 0.2) is 30.5 Å². The van der Waals surface area contributed by atoms with E-state index in [9.17, 15) is 4.79 Å². The van der Waals surface area contributed by atoms with E-state index < -0.39 is 12.1 Å². The molecule has 4 nitrogen and oxygen atoms in total. The Kier molecular flexibility index (Phi) is 4.00. The van der Waals surface area contributed by atoms with Gasteiger partial charge in [-0.15, -0.1) is 0 Å². The van der Waals surface area contributed by atoms with Crippen LogP contribution in [0.4, 0.5) is 0 Å². The fraction of sp³-hybridized carbons (Fsp3) is 0.333. The number of carbonyl (C=O) groups is 1. The van der Waals surface area contributed by atoms with Crippen molar-refractivity contribution in [3.63, 3.8) is 0 Å². The van der Waals surface area contributed by atoms with Crippen molar-refractivity contribution in [2.75, 3.05) is 7.11 Å². The first-order chi connectivity index (χ1) is 9.17. The number of aromatic nitrogens is 1. The summed E-state index contributed by atoms with van der Waals surface area (Å²) in [5.74, 6) is 0.259. The summed E-state index contributed by atoms with van der Waals surface area (Å²) in [5, 5.41) is 0.914. The van der Waals surface area contributed by atoms with Gasteiger partial charge >= 0.3 is 5.97 Å². The number of para-hydroxylation sites is 1. The van der Waals surface area contributed by atoms with Gasteiger partial charge in [0.2, 0.25) is 0 Å². The van der Waals surface area contributed by atoms with E-state index in [0.29, 0.717) is 5.75 Å². The van der Waals surface area contributed by atoms with Crippen LogP contribution in [0, 0.1) is 0 Å². The van der Waals surface area contributed by atoms with Crippen LogP contribution < -0.4 is 4.74 Å². The van der Waals surface area contributed by atoms with Crippen molar-refractivity contribution >= 4 is 16.9 Å². The second-order valence-electron chi connectivity index (χ2n) is 4.26. The highest BCUT2D eigenvalue weighted by molar-refractivity contribution is 5.88. The lowest BCUT2D eigenvalue weighted by Gasteiger charge is -2.14. The summed E-state index contributed by atoms with van der Waals surface area (Å²) in [6, 6.07) is 7.73. The van der Waals surface area contributed by atoms with E-state index in [4.69, 9.17) is 4.74 Å². The Labute approximate surface area is 112 Å². The maximum atomic E-state index is 11.4. The van der Waals surface area contributed by atoms with Gasteiger partial charge in [-0.1, -0.05) is 19.1 Å². The van der Waals surface area contributed by atoms with Crippen LogP contribution in [0.25, 0.3) is 10.9 Å².